The van der Waals surface area contributed by atoms with E-state index in [1.54, 1.807) is 0 Å². The van der Waals surface area contributed by atoms with E-state index in [1.165, 1.54) is 41.3 Å². The Balaban J connectivity index is 1.84. The summed E-state index contributed by atoms with van der Waals surface area (Å²) in [4.78, 5) is 0. The number of para-hydroxylation sites is 2. The van der Waals surface area contributed by atoms with Crippen LogP contribution >= 0.6 is 0 Å². The SMILES string of the molecule is c1ccc2c(c1)c1ccccc1n2CCC1CNC1. The van der Waals surface area contributed by atoms with Gasteiger partial charge in [0.15, 0.2) is 0 Å². The van der Waals surface area contributed by atoms with E-state index in [9.17, 15) is 0 Å². The number of nitrogens with one attached hydrogen (secondary N) is 1. The summed E-state index contributed by atoms with van der Waals surface area (Å²) in [6, 6.07) is 17.5. The molecule has 0 aliphatic carbocycles. The van der Waals surface area contributed by atoms with Gasteiger partial charge in [-0.25, -0.2) is 0 Å². The minimum atomic E-state index is 0.861. The molecule has 2 nitrogen and oxygen atoms in total. The lowest BCUT2D eigenvalue weighted by Gasteiger charge is -2.27. The largest absolute Gasteiger partial charge is 0.340 e. The number of fused-ring (bicyclic) bond motifs is 3. The number of hydrogen-bond acceptors (Lipinski definition) is 1. The fourth-order valence-electron chi connectivity index (χ4n) is 3.11. The van der Waals surface area contributed by atoms with Crippen LogP contribution in [0.1, 0.15) is 6.42 Å². The minimum absolute atomic E-state index is 0.861. The van der Waals surface area contributed by atoms with Crippen molar-refractivity contribution in [3.05, 3.63) is 48.5 Å². The molecular formula is C17H18N2. The van der Waals surface area contributed by atoms with Crippen LogP contribution < -0.4 is 5.32 Å². The summed E-state index contributed by atoms with van der Waals surface area (Å²) in [6.45, 7) is 3.51. The van der Waals surface area contributed by atoms with Crippen molar-refractivity contribution in [1.82, 2.24) is 9.88 Å². The van der Waals surface area contributed by atoms with Crippen LogP contribution in [0.5, 0.6) is 0 Å². The molecule has 2 heteroatoms. The smallest absolute Gasteiger partial charge is 0.0491 e. The molecule has 19 heavy (non-hydrogen) atoms. The van der Waals surface area contributed by atoms with Crippen LogP contribution in [-0.2, 0) is 6.54 Å². The van der Waals surface area contributed by atoms with Gasteiger partial charge in [-0.2, -0.15) is 0 Å². The van der Waals surface area contributed by atoms with E-state index in [-0.39, 0.29) is 0 Å². The summed E-state index contributed by atoms with van der Waals surface area (Å²) in [7, 11) is 0. The summed E-state index contributed by atoms with van der Waals surface area (Å²) < 4.78 is 2.49. The molecule has 0 bridgehead atoms. The molecule has 96 valence electrons. The predicted molar refractivity (Wildman–Crippen MR) is 80.4 cm³/mol. The number of hydrogen-bond donors (Lipinski definition) is 1. The van der Waals surface area contributed by atoms with E-state index >= 15 is 0 Å². The highest BCUT2D eigenvalue weighted by molar-refractivity contribution is 6.07. The molecule has 2 aromatic carbocycles. The van der Waals surface area contributed by atoms with Crippen molar-refractivity contribution in [2.75, 3.05) is 13.1 Å². The van der Waals surface area contributed by atoms with Gasteiger partial charge >= 0.3 is 0 Å². The minimum Gasteiger partial charge on any atom is -0.340 e. The summed E-state index contributed by atoms with van der Waals surface area (Å²) in [5.41, 5.74) is 2.74. The molecule has 0 saturated carbocycles. The van der Waals surface area contributed by atoms with Crippen LogP contribution in [0.15, 0.2) is 48.5 Å². The van der Waals surface area contributed by atoms with Gasteiger partial charge in [0.2, 0.25) is 0 Å². The number of aromatic nitrogens is 1. The van der Waals surface area contributed by atoms with Gasteiger partial charge in [0.1, 0.15) is 0 Å². The molecule has 0 spiro atoms. The summed E-state index contributed by atoms with van der Waals surface area (Å²) in [5, 5.41) is 6.12. The van der Waals surface area contributed by atoms with E-state index in [0.717, 1.165) is 12.5 Å². The molecular weight excluding hydrogens is 232 g/mol. The first-order valence-corrected chi connectivity index (χ1v) is 7.10. The van der Waals surface area contributed by atoms with Crippen LogP contribution in [0.2, 0.25) is 0 Å². The fraction of sp³-hybridized carbons (Fsp3) is 0.294. The highest BCUT2D eigenvalue weighted by atomic mass is 15.0. The lowest BCUT2D eigenvalue weighted by molar-refractivity contribution is 0.315. The van der Waals surface area contributed by atoms with E-state index in [0.29, 0.717) is 0 Å². The molecule has 1 fully saturated rings. The Bertz CT molecular complexity index is 669. The molecule has 1 saturated heterocycles. The van der Waals surface area contributed by atoms with E-state index in [2.05, 4.69) is 58.4 Å². The Hall–Kier alpha value is -1.80. The topological polar surface area (TPSA) is 17.0 Å². The maximum atomic E-state index is 3.36. The predicted octanol–water partition coefficient (Wildman–Crippen LogP) is 3.40. The molecule has 1 N–H and O–H groups in total. The highest BCUT2D eigenvalue weighted by Crippen LogP contribution is 2.29. The van der Waals surface area contributed by atoms with Crippen LogP contribution in [0.25, 0.3) is 21.8 Å². The molecule has 1 aliphatic heterocycles. The van der Waals surface area contributed by atoms with Crippen LogP contribution in [-0.4, -0.2) is 17.7 Å². The number of aryl methyl sites for hydroxylation is 1. The fourth-order valence-corrected chi connectivity index (χ4v) is 3.11. The van der Waals surface area contributed by atoms with Crippen LogP contribution in [0, 0.1) is 5.92 Å². The average Bonchev–Trinajstić information content (AvgIpc) is 2.72. The van der Waals surface area contributed by atoms with Gasteiger partial charge in [-0.1, -0.05) is 36.4 Å². The Morgan fingerprint density at radius 2 is 1.47 bits per heavy atom. The average molecular weight is 250 g/mol. The van der Waals surface area contributed by atoms with Gasteiger partial charge in [-0.3, -0.25) is 0 Å². The molecule has 3 aromatic rings. The molecule has 0 radical (unpaired) electrons. The van der Waals surface area contributed by atoms with Gasteiger partial charge in [-0.05, 0) is 37.6 Å². The van der Waals surface area contributed by atoms with Gasteiger partial charge < -0.3 is 9.88 Å². The first-order valence-electron chi connectivity index (χ1n) is 7.10. The second-order valence-corrected chi connectivity index (χ2v) is 5.50. The molecule has 0 unspecified atom stereocenters. The van der Waals surface area contributed by atoms with Gasteiger partial charge in [0.05, 0.1) is 0 Å². The lowest BCUT2D eigenvalue weighted by Crippen LogP contribution is -2.42. The normalized spacial score (nSPS) is 16.0. The third kappa shape index (κ3) is 1.75. The summed E-state index contributed by atoms with van der Waals surface area (Å²) in [6.07, 6.45) is 1.27. The lowest BCUT2D eigenvalue weighted by atomic mass is 9.99. The number of nitrogens with zero attached hydrogens (tertiary/aromatic N) is 1. The van der Waals surface area contributed by atoms with Gasteiger partial charge in [0.25, 0.3) is 0 Å². The van der Waals surface area contributed by atoms with Gasteiger partial charge in [-0.15, -0.1) is 0 Å². The van der Waals surface area contributed by atoms with Crippen molar-refractivity contribution < 1.29 is 0 Å². The van der Waals surface area contributed by atoms with Gasteiger partial charge in [0, 0.05) is 28.4 Å². The summed E-state index contributed by atoms with van der Waals surface area (Å²) >= 11 is 0. The standard InChI is InChI=1S/C17H18N2/c1-3-7-16-14(5-1)15-6-2-4-8-17(15)19(16)10-9-13-11-18-12-13/h1-8,13,18H,9-12H2. The van der Waals surface area contributed by atoms with E-state index in [4.69, 9.17) is 0 Å². The molecule has 1 aliphatic rings. The third-order valence-electron chi connectivity index (χ3n) is 4.31. The first kappa shape index (κ1) is 11.1. The van der Waals surface area contributed by atoms with Crippen molar-refractivity contribution in [3.63, 3.8) is 0 Å². The monoisotopic (exact) mass is 250 g/mol. The van der Waals surface area contributed by atoms with Crippen LogP contribution in [0.4, 0.5) is 0 Å². The maximum absolute atomic E-state index is 3.36. The van der Waals surface area contributed by atoms with Crippen molar-refractivity contribution in [2.24, 2.45) is 5.92 Å². The Morgan fingerprint density at radius 1 is 0.895 bits per heavy atom. The molecule has 0 atom stereocenters. The zero-order valence-electron chi connectivity index (χ0n) is 11.0. The molecule has 0 amide bonds. The molecule has 1 aromatic heterocycles. The third-order valence-corrected chi connectivity index (χ3v) is 4.31. The van der Waals surface area contributed by atoms with Crippen molar-refractivity contribution in [3.8, 4) is 0 Å². The Labute approximate surface area is 113 Å². The Morgan fingerprint density at radius 3 is 2.00 bits per heavy atom. The van der Waals surface area contributed by atoms with Crippen LogP contribution in [0.3, 0.4) is 0 Å². The zero-order chi connectivity index (χ0) is 12.7. The Kier molecular flexibility index (Phi) is 2.56. The molecule has 4 rings (SSSR count). The van der Waals surface area contributed by atoms with Crippen molar-refractivity contribution in [2.45, 2.75) is 13.0 Å². The maximum Gasteiger partial charge on any atom is 0.0491 e. The first-order chi connectivity index (χ1) is 9.43. The highest BCUT2D eigenvalue weighted by Gasteiger charge is 2.17. The van der Waals surface area contributed by atoms with Crippen molar-refractivity contribution in [1.29, 1.82) is 0 Å². The number of benzene rings is 2. The second-order valence-electron chi connectivity index (χ2n) is 5.50. The van der Waals surface area contributed by atoms with Crippen molar-refractivity contribution >= 4 is 21.8 Å². The zero-order valence-corrected chi connectivity index (χ0v) is 11.0. The summed E-state index contributed by atoms with van der Waals surface area (Å²) in [5.74, 6) is 0.861. The molecule has 2 heterocycles. The van der Waals surface area contributed by atoms with E-state index < -0.39 is 0 Å². The quantitative estimate of drug-likeness (QED) is 0.754. The number of rotatable bonds is 3. The second kappa shape index (κ2) is 4.39. The van der Waals surface area contributed by atoms with E-state index in [1.807, 2.05) is 0 Å².